The highest BCUT2D eigenvalue weighted by molar-refractivity contribution is 5.79. The minimum Gasteiger partial charge on any atom is -0.368 e. The number of carbonyl (C=O) groups excluding carboxylic acids is 1. The Morgan fingerprint density at radius 1 is 1.38 bits per heavy atom. The second-order valence-electron chi connectivity index (χ2n) is 5.98. The van der Waals surface area contributed by atoms with Gasteiger partial charge in [-0.15, -0.1) is 0 Å². The molecule has 1 aliphatic rings. The third-order valence-corrected chi connectivity index (χ3v) is 4.19. The molecule has 1 fully saturated rings. The highest BCUT2D eigenvalue weighted by Crippen LogP contribution is 2.21. The van der Waals surface area contributed by atoms with Gasteiger partial charge < -0.3 is 9.64 Å². The molecule has 2 aromatic rings. The standard InChI is InChI=1S/C18H20FN3O2/c1-12-9-15(19)4-3-14(12)10-18(23)22-7-8-24-17(11-22)16-5-6-20-13(2)21-16/h3-6,9,17H,7-8,10-11H2,1-2H3/t17-/m0/s1. The number of rotatable bonds is 3. The summed E-state index contributed by atoms with van der Waals surface area (Å²) in [6.07, 6.45) is 1.73. The summed E-state index contributed by atoms with van der Waals surface area (Å²) in [5.74, 6) is 0.416. The van der Waals surface area contributed by atoms with Crippen molar-refractivity contribution in [2.45, 2.75) is 26.4 Å². The summed E-state index contributed by atoms with van der Waals surface area (Å²) in [6, 6.07) is 6.33. The molecule has 0 unspecified atom stereocenters. The van der Waals surface area contributed by atoms with Crippen molar-refractivity contribution >= 4 is 5.91 Å². The minimum absolute atomic E-state index is 0.0174. The topological polar surface area (TPSA) is 55.3 Å². The van der Waals surface area contributed by atoms with Crippen LogP contribution in [0.25, 0.3) is 0 Å². The average molecular weight is 329 g/mol. The van der Waals surface area contributed by atoms with E-state index in [-0.39, 0.29) is 24.2 Å². The fourth-order valence-corrected chi connectivity index (χ4v) is 2.84. The number of ether oxygens (including phenoxy) is 1. The molecule has 0 spiro atoms. The number of aryl methyl sites for hydroxylation is 2. The molecule has 1 saturated heterocycles. The quantitative estimate of drug-likeness (QED) is 0.867. The molecule has 1 aromatic carbocycles. The van der Waals surface area contributed by atoms with E-state index in [9.17, 15) is 9.18 Å². The molecule has 0 N–H and O–H groups in total. The fraction of sp³-hybridized carbons (Fsp3) is 0.389. The van der Waals surface area contributed by atoms with Crippen LogP contribution in [0.5, 0.6) is 0 Å². The van der Waals surface area contributed by atoms with Gasteiger partial charge in [-0.3, -0.25) is 4.79 Å². The van der Waals surface area contributed by atoms with Crippen molar-refractivity contribution in [2.24, 2.45) is 0 Å². The Hall–Kier alpha value is -2.34. The van der Waals surface area contributed by atoms with Crippen molar-refractivity contribution in [3.05, 3.63) is 58.9 Å². The Bertz CT molecular complexity index is 751. The Kier molecular flexibility index (Phi) is 4.85. The monoisotopic (exact) mass is 329 g/mol. The van der Waals surface area contributed by atoms with E-state index in [1.807, 2.05) is 19.9 Å². The largest absolute Gasteiger partial charge is 0.368 e. The SMILES string of the molecule is Cc1nccc([C@@H]2CN(C(=O)Cc3ccc(F)cc3C)CCO2)n1. The number of hydrogen-bond acceptors (Lipinski definition) is 4. The third-order valence-electron chi connectivity index (χ3n) is 4.19. The van der Waals surface area contributed by atoms with Crippen LogP contribution in [0.15, 0.2) is 30.5 Å². The van der Waals surface area contributed by atoms with E-state index in [2.05, 4.69) is 9.97 Å². The number of amides is 1. The summed E-state index contributed by atoms with van der Waals surface area (Å²) in [5.41, 5.74) is 2.43. The Morgan fingerprint density at radius 2 is 2.21 bits per heavy atom. The molecule has 2 heterocycles. The van der Waals surface area contributed by atoms with Gasteiger partial charge in [-0.25, -0.2) is 14.4 Å². The molecular formula is C18H20FN3O2. The van der Waals surface area contributed by atoms with Crippen molar-refractivity contribution in [1.29, 1.82) is 0 Å². The van der Waals surface area contributed by atoms with Gasteiger partial charge in [0.05, 0.1) is 25.3 Å². The van der Waals surface area contributed by atoms with E-state index < -0.39 is 0 Å². The molecule has 1 atom stereocenters. The molecule has 0 radical (unpaired) electrons. The number of halogens is 1. The summed E-state index contributed by atoms with van der Waals surface area (Å²) in [6.45, 7) is 5.14. The van der Waals surface area contributed by atoms with Gasteiger partial charge in [0.15, 0.2) is 0 Å². The summed E-state index contributed by atoms with van der Waals surface area (Å²) in [5, 5.41) is 0. The zero-order valence-electron chi connectivity index (χ0n) is 13.8. The van der Waals surface area contributed by atoms with Gasteiger partial charge in [0.25, 0.3) is 0 Å². The van der Waals surface area contributed by atoms with Crippen molar-refractivity contribution in [1.82, 2.24) is 14.9 Å². The number of aromatic nitrogens is 2. The Labute approximate surface area is 140 Å². The summed E-state index contributed by atoms with van der Waals surface area (Å²) in [7, 11) is 0. The second kappa shape index (κ2) is 7.05. The maximum absolute atomic E-state index is 13.2. The maximum atomic E-state index is 13.2. The number of nitrogens with zero attached hydrogens (tertiary/aromatic N) is 3. The molecule has 0 aliphatic carbocycles. The molecule has 24 heavy (non-hydrogen) atoms. The van der Waals surface area contributed by atoms with Crippen LogP contribution in [0.1, 0.15) is 28.7 Å². The van der Waals surface area contributed by atoms with Gasteiger partial charge >= 0.3 is 0 Å². The first-order valence-corrected chi connectivity index (χ1v) is 7.97. The van der Waals surface area contributed by atoms with E-state index >= 15 is 0 Å². The molecule has 1 aliphatic heterocycles. The van der Waals surface area contributed by atoms with E-state index in [0.717, 1.165) is 16.8 Å². The van der Waals surface area contributed by atoms with Crippen molar-refractivity contribution < 1.29 is 13.9 Å². The highest BCUT2D eigenvalue weighted by atomic mass is 19.1. The van der Waals surface area contributed by atoms with Crippen LogP contribution in [0.4, 0.5) is 4.39 Å². The minimum atomic E-state index is -0.283. The van der Waals surface area contributed by atoms with Gasteiger partial charge in [-0.2, -0.15) is 0 Å². The van der Waals surface area contributed by atoms with Gasteiger partial charge in [-0.05, 0) is 43.2 Å². The Morgan fingerprint density at radius 3 is 2.96 bits per heavy atom. The molecule has 5 nitrogen and oxygen atoms in total. The van der Waals surface area contributed by atoms with Crippen LogP contribution in [-0.4, -0.2) is 40.5 Å². The number of carbonyl (C=O) groups is 1. The highest BCUT2D eigenvalue weighted by Gasteiger charge is 2.26. The molecule has 1 aromatic heterocycles. The van der Waals surface area contributed by atoms with Crippen molar-refractivity contribution in [2.75, 3.05) is 19.7 Å². The lowest BCUT2D eigenvalue weighted by molar-refractivity contribution is -0.138. The van der Waals surface area contributed by atoms with Gasteiger partial charge in [0, 0.05) is 12.7 Å². The summed E-state index contributed by atoms with van der Waals surface area (Å²) in [4.78, 5) is 22.8. The third kappa shape index (κ3) is 3.76. The first-order valence-electron chi connectivity index (χ1n) is 7.97. The zero-order valence-corrected chi connectivity index (χ0v) is 13.8. The first kappa shape index (κ1) is 16.5. The molecule has 126 valence electrons. The number of benzene rings is 1. The zero-order chi connectivity index (χ0) is 17.1. The lowest BCUT2D eigenvalue weighted by atomic mass is 10.0. The fourth-order valence-electron chi connectivity index (χ4n) is 2.84. The molecule has 0 bridgehead atoms. The summed E-state index contributed by atoms with van der Waals surface area (Å²) < 4.78 is 18.9. The van der Waals surface area contributed by atoms with Crippen LogP contribution >= 0.6 is 0 Å². The number of morpholine rings is 1. The van der Waals surface area contributed by atoms with Crippen LogP contribution in [0.2, 0.25) is 0 Å². The molecular weight excluding hydrogens is 309 g/mol. The molecule has 0 saturated carbocycles. The van der Waals surface area contributed by atoms with Crippen molar-refractivity contribution in [3.8, 4) is 0 Å². The molecule has 1 amide bonds. The first-order chi connectivity index (χ1) is 11.5. The van der Waals surface area contributed by atoms with E-state index in [1.165, 1.54) is 12.1 Å². The normalized spacial score (nSPS) is 17.8. The van der Waals surface area contributed by atoms with Crippen molar-refractivity contribution in [3.63, 3.8) is 0 Å². The lowest BCUT2D eigenvalue weighted by Crippen LogP contribution is -2.43. The smallest absolute Gasteiger partial charge is 0.227 e. The van der Waals surface area contributed by atoms with Gasteiger partial charge in [0.1, 0.15) is 17.7 Å². The predicted octanol–water partition coefficient (Wildman–Crippen LogP) is 2.38. The van der Waals surface area contributed by atoms with Crippen LogP contribution in [-0.2, 0) is 16.0 Å². The lowest BCUT2D eigenvalue weighted by Gasteiger charge is -2.33. The molecule has 3 rings (SSSR count). The van der Waals surface area contributed by atoms with E-state index in [4.69, 9.17) is 4.74 Å². The average Bonchev–Trinajstić information content (AvgIpc) is 2.57. The van der Waals surface area contributed by atoms with E-state index in [0.29, 0.717) is 25.5 Å². The van der Waals surface area contributed by atoms with Crippen LogP contribution < -0.4 is 0 Å². The van der Waals surface area contributed by atoms with Gasteiger partial charge in [0.2, 0.25) is 5.91 Å². The van der Waals surface area contributed by atoms with E-state index in [1.54, 1.807) is 17.2 Å². The van der Waals surface area contributed by atoms with Crippen LogP contribution in [0, 0.1) is 19.7 Å². The number of hydrogen-bond donors (Lipinski definition) is 0. The second-order valence-corrected chi connectivity index (χ2v) is 5.98. The Balaban J connectivity index is 1.69. The van der Waals surface area contributed by atoms with Crippen LogP contribution in [0.3, 0.4) is 0 Å². The summed E-state index contributed by atoms with van der Waals surface area (Å²) >= 11 is 0. The predicted molar refractivity (Wildman–Crippen MR) is 86.9 cm³/mol. The molecule has 6 heteroatoms. The van der Waals surface area contributed by atoms with Gasteiger partial charge in [-0.1, -0.05) is 6.07 Å². The maximum Gasteiger partial charge on any atom is 0.227 e.